The van der Waals surface area contributed by atoms with Crippen molar-refractivity contribution in [3.63, 3.8) is 0 Å². The number of benzene rings is 1. The summed E-state index contributed by atoms with van der Waals surface area (Å²) in [4.78, 5) is 4.31. The van der Waals surface area contributed by atoms with Crippen LogP contribution in [0, 0.1) is 13.8 Å². The number of ether oxygens (including phenoxy) is 1. The summed E-state index contributed by atoms with van der Waals surface area (Å²) in [7, 11) is 0. The summed E-state index contributed by atoms with van der Waals surface area (Å²) in [5, 5.41) is 0. The van der Waals surface area contributed by atoms with Crippen LogP contribution in [0.3, 0.4) is 0 Å². The van der Waals surface area contributed by atoms with Gasteiger partial charge in [0.1, 0.15) is 5.75 Å². The lowest BCUT2D eigenvalue weighted by Gasteiger charge is -2.23. The monoisotopic (exact) mass is 333 g/mol. The average molecular weight is 334 g/mol. The Labute approximate surface area is 129 Å². The molecule has 1 aromatic carbocycles. The van der Waals surface area contributed by atoms with Crippen molar-refractivity contribution in [3.8, 4) is 11.6 Å². The van der Waals surface area contributed by atoms with Gasteiger partial charge in [0.2, 0.25) is 5.88 Å². The molecule has 1 heterocycles. The van der Waals surface area contributed by atoms with E-state index in [4.69, 9.17) is 4.74 Å². The predicted octanol–water partition coefficient (Wildman–Crippen LogP) is 5.55. The molecule has 0 aliphatic heterocycles. The molecule has 2 aromatic rings. The molecule has 0 unspecified atom stereocenters. The minimum absolute atomic E-state index is 0.0335. The Balaban J connectivity index is 2.40. The molecule has 0 aliphatic carbocycles. The van der Waals surface area contributed by atoms with E-state index in [9.17, 15) is 0 Å². The molecule has 0 amide bonds. The van der Waals surface area contributed by atoms with Gasteiger partial charge < -0.3 is 4.74 Å². The van der Waals surface area contributed by atoms with E-state index in [1.54, 1.807) is 6.20 Å². The minimum Gasteiger partial charge on any atom is -0.439 e. The van der Waals surface area contributed by atoms with Gasteiger partial charge in [0.15, 0.2) is 0 Å². The number of rotatable bonds is 2. The molecule has 0 radical (unpaired) electrons. The van der Waals surface area contributed by atoms with E-state index in [-0.39, 0.29) is 5.41 Å². The summed E-state index contributed by atoms with van der Waals surface area (Å²) in [6.45, 7) is 10.7. The highest BCUT2D eigenvalue weighted by Crippen LogP contribution is 2.34. The second kappa shape index (κ2) is 5.57. The smallest absolute Gasteiger partial charge is 0.219 e. The van der Waals surface area contributed by atoms with Crippen LogP contribution < -0.4 is 4.74 Å². The summed E-state index contributed by atoms with van der Waals surface area (Å²) < 4.78 is 6.99. The van der Waals surface area contributed by atoms with Gasteiger partial charge in [-0.1, -0.05) is 38.5 Å². The summed E-state index contributed by atoms with van der Waals surface area (Å²) >= 11 is 3.45. The van der Waals surface area contributed by atoms with Gasteiger partial charge in [0.25, 0.3) is 0 Å². The summed E-state index contributed by atoms with van der Waals surface area (Å²) in [6, 6.07) is 8.21. The topological polar surface area (TPSA) is 22.1 Å². The molecular weight excluding hydrogens is 314 g/mol. The van der Waals surface area contributed by atoms with Gasteiger partial charge in [-0.2, -0.15) is 0 Å². The first-order valence-electron chi connectivity index (χ1n) is 6.68. The van der Waals surface area contributed by atoms with Crippen LogP contribution in [-0.4, -0.2) is 4.98 Å². The van der Waals surface area contributed by atoms with E-state index in [1.165, 1.54) is 11.1 Å². The fraction of sp³-hybridized carbons (Fsp3) is 0.353. The maximum atomic E-state index is 5.99. The number of aromatic nitrogens is 1. The van der Waals surface area contributed by atoms with Crippen LogP contribution in [0.1, 0.15) is 37.5 Å². The van der Waals surface area contributed by atoms with Crippen molar-refractivity contribution in [2.45, 2.75) is 40.0 Å². The van der Waals surface area contributed by atoms with Crippen molar-refractivity contribution in [2.75, 3.05) is 0 Å². The molecule has 3 heteroatoms. The maximum absolute atomic E-state index is 5.99. The van der Waals surface area contributed by atoms with E-state index < -0.39 is 0 Å². The fourth-order valence-electron chi connectivity index (χ4n) is 2.00. The first-order chi connectivity index (χ1) is 9.27. The van der Waals surface area contributed by atoms with Crippen LogP contribution in [-0.2, 0) is 5.41 Å². The van der Waals surface area contributed by atoms with Crippen molar-refractivity contribution < 1.29 is 4.74 Å². The zero-order valence-corrected chi connectivity index (χ0v) is 14.2. The summed E-state index contributed by atoms with van der Waals surface area (Å²) in [5.74, 6) is 1.50. The van der Waals surface area contributed by atoms with E-state index >= 15 is 0 Å². The molecule has 0 saturated heterocycles. The highest BCUT2D eigenvalue weighted by Gasteiger charge is 2.19. The first-order valence-corrected chi connectivity index (χ1v) is 7.48. The molecule has 1 aromatic heterocycles. The molecule has 0 aliphatic rings. The molecule has 0 bridgehead atoms. The van der Waals surface area contributed by atoms with Gasteiger partial charge in [-0.05, 0) is 46.8 Å². The fourth-order valence-corrected chi connectivity index (χ4v) is 2.22. The Morgan fingerprint density at radius 3 is 2.40 bits per heavy atom. The molecule has 0 atom stereocenters. The molecule has 0 fully saturated rings. The maximum Gasteiger partial charge on any atom is 0.219 e. The van der Waals surface area contributed by atoms with Crippen LogP contribution >= 0.6 is 15.9 Å². The number of halogens is 1. The molecule has 0 saturated carbocycles. The lowest BCUT2D eigenvalue weighted by atomic mass is 9.85. The van der Waals surface area contributed by atoms with Crippen LogP contribution in [0.2, 0.25) is 0 Å². The van der Waals surface area contributed by atoms with Crippen LogP contribution in [0.4, 0.5) is 0 Å². The molecule has 20 heavy (non-hydrogen) atoms. The normalized spacial score (nSPS) is 11.5. The number of hydrogen-bond donors (Lipinski definition) is 0. The zero-order chi connectivity index (χ0) is 14.9. The van der Waals surface area contributed by atoms with Gasteiger partial charge >= 0.3 is 0 Å². The third-order valence-corrected chi connectivity index (χ3v) is 4.01. The van der Waals surface area contributed by atoms with Gasteiger partial charge in [-0.25, -0.2) is 4.98 Å². The SMILES string of the molecule is Cc1ccc(Oc2cc(C)c(Br)cn2)c(C(C)(C)C)c1. The van der Waals surface area contributed by atoms with Crippen molar-refractivity contribution >= 4 is 15.9 Å². The Morgan fingerprint density at radius 2 is 1.80 bits per heavy atom. The second-order valence-corrected chi connectivity index (χ2v) is 6.98. The van der Waals surface area contributed by atoms with Crippen molar-refractivity contribution in [2.24, 2.45) is 0 Å². The largest absolute Gasteiger partial charge is 0.439 e. The van der Waals surface area contributed by atoms with Crippen molar-refractivity contribution in [3.05, 3.63) is 51.6 Å². The lowest BCUT2D eigenvalue weighted by molar-refractivity contribution is 0.439. The van der Waals surface area contributed by atoms with Crippen LogP contribution in [0.25, 0.3) is 0 Å². The molecule has 2 nitrogen and oxygen atoms in total. The summed E-state index contributed by atoms with van der Waals surface area (Å²) in [6.07, 6.45) is 1.77. The second-order valence-electron chi connectivity index (χ2n) is 6.12. The van der Waals surface area contributed by atoms with E-state index in [2.05, 4.69) is 60.7 Å². The molecule has 2 rings (SSSR count). The molecule has 106 valence electrons. The van der Waals surface area contributed by atoms with E-state index in [1.807, 2.05) is 19.1 Å². The molecule has 0 N–H and O–H groups in total. The Morgan fingerprint density at radius 1 is 1.10 bits per heavy atom. The highest BCUT2D eigenvalue weighted by atomic mass is 79.9. The van der Waals surface area contributed by atoms with Crippen LogP contribution in [0.15, 0.2) is 34.9 Å². The minimum atomic E-state index is 0.0335. The van der Waals surface area contributed by atoms with Gasteiger partial charge in [0.05, 0.1) is 0 Å². The third kappa shape index (κ3) is 3.40. The lowest BCUT2D eigenvalue weighted by Crippen LogP contribution is -2.13. The highest BCUT2D eigenvalue weighted by molar-refractivity contribution is 9.10. The molecular formula is C17H20BrNO. The Kier molecular flexibility index (Phi) is 4.19. The third-order valence-electron chi connectivity index (χ3n) is 3.18. The molecule has 0 spiro atoms. The van der Waals surface area contributed by atoms with Gasteiger partial charge in [-0.3, -0.25) is 0 Å². The van der Waals surface area contributed by atoms with Gasteiger partial charge in [0, 0.05) is 22.3 Å². The predicted molar refractivity (Wildman–Crippen MR) is 86.6 cm³/mol. The van der Waals surface area contributed by atoms with E-state index in [0.717, 1.165) is 15.8 Å². The van der Waals surface area contributed by atoms with Crippen molar-refractivity contribution in [1.82, 2.24) is 4.98 Å². The average Bonchev–Trinajstić information content (AvgIpc) is 2.35. The quantitative estimate of drug-likeness (QED) is 0.718. The first kappa shape index (κ1) is 15.0. The number of hydrogen-bond acceptors (Lipinski definition) is 2. The summed E-state index contributed by atoms with van der Waals surface area (Å²) in [5.41, 5.74) is 3.58. The van der Waals surface area contributed by atoms with E-state index in [0.29, 0.717) is 5.88 Å². The number of nitrogens with zero attached hydrogens (tertiary/aromatic N) is 1. The van der Waals surface area contributed by atoms with Crippen LogP contribution in [0.5, 0.6) is 11.6 Å². The van der Waals surface area contributed by atoms with Crippen molar-refractivity contribution in [1.29, 1.82) is 0 Å². The number of pyridine rings is 1. The standard InChI is InChI=1S/C17H20BrNO/c1-11-6-7-15(13(8-11)17(3,4)5)20-16-9-12(2)14(18)10-19-16/h6-10H,1-5H3. The number of aryl methyl sites for hydroxylation is 2. The zero-order valence-electron chi connectivity index (χ0n) is 12.6. The van der Waals surface area contributed by atoms with Gasteiger partial charge in [-0.15, -0.1) is 0 Å². The Bertz CT molecular complexity index is 629. The Hall–Kier alpha value is -1.35.